The summed E-state index contributed by atoms with van der Waals surface area (Å²) in [5.74, 6) is 0.547. The van der Waals surface area contributed by atoms with Crippen molar-refractivity contribution >= 4 is 11.8 Å². The van der Waals surface area contributed by atoms with Gasteiger partial charge in [0.2, 0.25) is 5.91 Å². The largest absolute Gasteiger partial charge is 0.459 e. The molecule has 0 aliphatic carbocycles. The minimum Gasteiger partial charge on any atom is -0.459 e. The monoisotopic (exact) mass is 305 g/mol. The summed E-state index contributed by atoms with van der Waals surface area (Å²) in [4.78, 5) is 25.3. The molecule has 1 N–H and O–H groups in total. The minimum absolute atomic E-state index is 0.0697. The van der Waals surface area contributed by atoms with Crippen LogP contribution in [-0.4, -0.2) is 35.5 Å². The molecule has 7 heteroatoms. The van der Waals surface area contributed by atoms with Crippen molar-refractivity contribution in [3.63, 3.8) is 0 Å². The summed E-state index contributed by atoms with van der Waals surface area (Å²) in [7, 11) is 1.71. The van der Waals surface area contributed by atoms with E-state index in [1.165, 1.54) is 6.26 Å². The third-order valence-electron chi connectivity index (χ3n) is 3.37. The maximum Gasteiger partial charge on any atom is 0.286 e. The average Bonchev–Trinajstić information content (AvgIpc) is 3.12. The van der Waals surface area contributed by atoms with Crippen LogP contribution in [0, 0.1) is 13.8 Å². The maximum absolute atomic E-state index is 12.1. The van der Waals surface area contributed by atoms with Gasteiger partial charge in [0.15, 0.2) is 5.76 Å². The Morgan fingerprint density at radius 2 is 2.14 bits per heavy atom. The zero-order valence-corrected chi connectivity index (χ0v) is 12.9. The number of hydrogen-bond acceptors (Lipinski definition) is 5. The number of amides is 2. The van der Waals surface area contributed by atoms with E-state index in [0.717, 1.165) is 11.3 Å². The molecule has 0 aliphatic heterocycles. The van der Waals surface area contributed by atoms with E-state index < -0.39 is 0 Å². The molecule has 7 nitrogen and oxygen atoms in total. The highest BCUT2D eigenvalue weighted by Gasteiger charge is 2.16. The summed E-state index contributed by atoms with van der Waals surface area (Å²) in [6, 6.07) is 3.21. The Morgan fingerprint density at radius 1 is 1.36 bits per heavy atom. The maximum atomic E-state index is 12.1. The average molecular weight is 305 g/mol. The molecule has 2 aromatic rings. The lowest BCUT2D eigenvalue weighted by molar-refractivity contribution is -0.130. The molecule has 2 aromatic heterocycles. The second kappa shape index (κ2) is 6.93. The van der Waals surface area contributed by atoms with Crippen LogP contribution in [0.15, 0.2) is 27.3 Å². The van der Waals surface area contributed by atoms with Crippen molar-refractivity contribution in [2.75, 3.05) is 13.6 Å². The highest BCUT2D eigenvalue weighted by molar-refractivity contribution is 5.91. The van der Waals surface area contributed by atoms with E-state index in [-0.39, 0.29) is 30.5 Å². The number of carbonyl (C=O) groups excluding carboxylic acids is 2. The van der Waals surface area contributed by atoms with Gasteiger partial charge in [-0.25, -0.2) is 0 Å². The van der Waals surface area contributed by atoms with Crippen LogP contribution in [0.25, 0.3) is 0 Å². The SMILES string of the molecule is Cc1noc(C)c1CN(C)C(=O)CCNC(=O)c1ccco1. The van der Waals surface area contributed by atoms with Gasteiger partial charge >= 0.3 is 0 Å². The van der Waals surface area contributed by atoms with E-state index in [0.29, 0.717) is 12.3 Å². The molecule has 118 valence electrons. The molecule has 0 spiro atoms. The standard InChI is InChI=1S/C15H19N3O4/c1-10-12(11(2)22-17-10)9-18(3)14(19)6-7-16-15(20)13-5-4-8-21-13/h4-5,8H,6-7,9H2,1-3H3,(H,16,20). The van der Waals surface area contributed by atoms with Crippen LogP contribution in [0.4, 0.5) is 0 Å². The summed E-state index contributed by atoms with van der Waals surface area (Å²) in [6.07, 6.45) is 1.64. The van der Waals surface area contributed by atoms with Gasteiger partial charge in [-0.2, -0.15) is 0 Å². The Kier molecular flexibility index (Phi) is 4.98. The first kappa shape index (κ1) is 15.8. The van der Waals surface area contributed by atoms with Crippen molar-refractivity contribution in [3.05, 3.63) is 41.2 Å². The zero-order chi connectivity index (χ0) is 16.1. The fourth-order valence-corrected chi connectivity index (χ4v) is 2.02. The molecule has 0 saturated carbocycles. The van der Waals surface area contributed by atoms with Crippen LogP contribution in [0.3, 0.4) is 0 Å². The molecule has 22 heavy (non-hydrogen) atoms. The molecule has 0 unspecified atom stereocenters. The number of rotatable bonds is 6. The van der Waals surface area contributed by atoms with E-state index in [4.69, 9.17) is 8.94 Å². The van der Waals surface area contributed by atoms with Crippen molar-refractivity contribution in [1.82, 2.24) is 15.4 Å². The molecule has 0 atom stereocenters. The third kappa shape index (κ3) is 3.75. The predicted octanol–water partition coefficient (Wildman–Crippen LogP) is 1.66. The van der Waals surface area contributed by atoms with Gasteiger partial charge in [-0.3, -0.25) is 9.59 Å². The van der Waals surface area contributed by atoms with Gasteiger partial charge in [0.1, 0.15) is 5.76 Å². The predicted molar refractivity (Wildman–Crippen MR) is 78.1 cm³/mol. The van der Waals surface area contributed by atoms with Crippen LogP contribution in [0.1, 0.15) is 34.0 Å². The quantitative estimate of drug-likeness (QED) is 0.877. The number of nitrogens with zero attached hydrogens (tertiary/aromatic N) is 2. The van der Waals surface area contributed by atoms with Crippen molar-refractivity contribution < 1.29 is 18.5 Å². The Bertz CT molecular complexity index is 626. The molecule has 0 radical (unpaired) electrons. The van der Waals surface area contributed by atoms with Gasteiger partial charge in [-0.1, -0.05) is 5.16 Å². The number of aryl methyl sites for hydroxylation is 2. The van der Waals surface area contributed by atoms with E-state index in [1.54, 1.807) is 24.1 Å². The first-order valence-electron chi connectivity index (χ1n) is 6.96. The highest BCUT2D eigenvalue weighted by Crippen LogP contribution is 2.14. The molecular formula is C15H19N3O4. The molecular weight excluding hydrogens is 286 g/mol. The normalized spacial score (nSPS) is 10.5. The first-order chi connectivity index (χ1) is 10.5. The van der Waals surface area contributed by atoms with E-state index in [2.05, 4.69) is 10.5 Å². The Labute approximate surface area is 128 Å². The Balaban J connectivity index is 1.78. The number of nitrogens with one attached hydrogen (secondary N) is 1. The summed E-state index contributed by atoms with van der Waals surface area (Å²) < 4.78 is 10.0. The topological polar surface area (TPSA) is 88.6 Å². The fraction of sp³-hybridized carbons (Fsp3) is 0.400. The van der Waals surface area contributed by atoms with Gasteiger partial charge in [-0.15, -0.1) is 0 Å². The van der Waals surface area contributed by atoms with Gasteiger partial charge in [0.05, 0.1) is 18.5 Å². The molecule has 2 rings (SSSR count). The molecule has 0 bridgehead atoms. The van der Waals surface area contributed by atoms with Crippen molar-refractivity contribution in [3.8, 4) is 0 Å². The molecule has 0 saturated heterocycles. The lowest BCUT2D eigenvalue weighted by atomic mass is 10.2. The van der Waals surface area contributed by atoms with Gasteiger partial charge in [0.25, 0.3) is 5.91 Å². The van der Waals surface area contributed by atoms with Crippen LogP contribution >= 0.6 is 0 Å². The minimum atomic E-state index is -0.328. The van der Waals surface area contributed by atoms with Crippen LogP contribution < -0.4 is 5.32 Å². The number of aromatic nitrogens is 1. The lowest BCUT2D eigenvalue weighted by Gasteiger charge is -2.17. The molecule has 0 fully saturated rings. The lowest BCUT2D eigenvalue weighted by Crippen LogP contribution is -2.32. The van der Waals surface area contributed by atoms with Crippen molar-refractivity contribution in [2.45, 2.75) is 26.8 Å². The summed E-state index contributed by atoms with van der Waals surface area (Å²) in [5, 5.41) is 6.50. The summed E-state index contributed by atoms with van der Waals surface area (Å²) in [6.45, 7) is 4.35. The van der Waals surface area contributed by atoms with Crippen molar-refractivity contribution in [2.24, 2.45) is 0 Å². The van der Waals surface area contributed by atoms with Gasteiger partial charge in [-0.05, 0) is 26.0 Å². The van der Waals surface area contributed by atoms with Gasteiger partial charge in [0, 0.05) is 25.6 Å². The second-order valence-corrected chi connectivity index (χ2v) is 5.04. The molecule has 0 aliphatic rings. The van der Waals surface area contributed by atoms with Gasteiger partial charge < -0.3 is 19.2 Å². The highest BCUT2D eigenvalue weighted by atomic mass is 16.5. The fourth-order valence-electron chi connectivity index (χ4n) is 2.02. The number of hydrogen-bond donors (Lipinski definition) is 1. The van der Waals surface area contributed by atoms with Crippen LogP contribution in [-0.2, 0) is 11.3 Å². The smallest absolute Gasteiger partial charge is 0.286 e. The number of furan rings is 1. The van der Waals surface area contributed by atoms with E-state index in [1.807, 2.05) is 13.8 Å². The Hall–Kier alpha value is -2.57. The second-order valence-electron chi connectivity index (χ2n) is 5.04. The van der Waals surface area contributed by atoms with E-state index in [9.17, 15) is 9.59 Å². The zero-order valence-electron chi connectivity index (χ0n) is 12.9. The summed E-state index contributed by atoms with van der Waals surface area (Å²) >= 11 is 0. The summed E-state index contributed by atoms with van der Waals surface area (Å²) in [5.41, 5.74) is 1.69. The van der Waals surface area contributed by atoms with Crippen molar-refractivity contribution in [1.29, 1.82) is 0 Å². The molecule has 0 aromatic carbocycles. The number of carbonyl (C=O) groups is 2. The van der Waals surface area contributed by atoms with E-state index >= 15 is 0 Å². The van der Waals surface area contributed by atoms with Crippen LogP contribution in [0.2, 0.25) is 0 Å². The third-order valence-corrected chi connectivity index (χ3v) is 3.37. The Morgan fingerprint density at radius 3 is 2.73 bits per heavy atom. The van der Waals surface area contributed by atoms with Crippen LogP contribution in [0.5, 0.6) is 0 Å². The first-order valence-corrected chi connectivity index (χ1v) is 6.96. The molecule has 2 heterocycles. The molecule has 2 amide bonds.